The number of benzene rings is 1. The molecule has 0 spiro atoms. The summed E-state index contributed by atoms with van der Waals surface area (Å²) >= 11 is 5.64. The number of phenols is 1. The number of aliphatic carboxylic acids is 1. The molecule has 1 atom stereocenters. The highest BCUT2D eigenvalue weighted by Crippen LogP contribution is 2.21. The first kappa shape index (κ1) is 16.8. The molecule has 0 bridgehead atoms. The maximum atomic E-state index is 11.9. The summed E-state index contributed by atoms with van der Waals surface area (Å²) in [4.78, 5) is 34.0. The van der Waals surface area contributed by atoms with E-state index >= 15 is 0 Å². The van der Waals surface area contributed by atoms with Crippen molar-refractivity contribution in [2.24, 2.45) is 0 Å². The number of methoxy groups -OCH3 is 1. The van der Waals surface area contributed by atoms with Crippen LogP contribution < -0.4 is 5.32 Å². The van der Waals surface area contributed by atoms with Crippen LogP contribution in [-0.4, -0.2) is 41.2 Å². The van der Waals surface area contributed by atoms with Gasteiger partial charge in [0.1, 0.15) is 11.8 Å². The second kappa shape index (κ2) is 7.49. The molecule has 1 aromatic carbocycles. The normalized spacial score (nSPS) is 11.5. The van der Waals surface area contributed by atoms with Crippen molar-refractivity contribution in [1.29, 1.82) is 0 Å². The lowest BCUT2D eigenvalue weighted by Gasteiger charge is -2.14. The standard InChI is InChI=1S/C13H14ClNO6/c1-21-11(17)5-4-9(13(19)20)15-12(18)8-3-2-7(14)6-10(8)16/h2-3,6,9,16H,4-5H2,1H3,(H,15,18)(H,19,20)/t9-/m1/s1. The first-order valence-electron chi connectivity index (χ1n) is 5.94. The Kier molecular flexibility index (Phi) is 5.98. The Labute approximate surface area is 125 Å². The molecule has 0 saturated heterocycles. The fourth-order valence-corrected chi connectivity index (χ4v) is 1.72. The zero-order valence-electron chi connectivity index (χ0n) is 11.1. The van der Waals surface area contributed by atoms with E-state index in [4.69, 9.17) is 16.7 Å². The molecular formula is C13H14ClNO6. The van der Waals surface area contributed by atoms with Crippen LogP contribution in [-0.2, 0) is 14.3 Å². The number of phenolic OH excluding ortho intramolecular Hbond substituents is 1. The van der Waals surface area contributed by atoms with Gasteiger partial charge in [-0.25, -0.2) is 4.79 Å². The zero-order valence-corrected chi connectivity index (χ0v) is 11.9. The molecule has 21 heavy (non-hydrogen) atoms. The van der Waals surface area contributed by atoms with Crippen molar-refractivity contribution in [3.63, 3.8) is 0 Å². The minimum absolute atomic E-state index is 0.108. The van der Waals surface area contributed by atoms with Gasteiger partial charge in [0.25, 0.3) is 5.91 Å². The van der Waals surface area contributed by atoms with Crippen LogP contribution in [0.1, 0.15) is 23.2 Å². The van der Waals surface area contributed by atoms with E-state index in [-0.39, 0.29) is 29.2 Å². The maximum Gasteiger partial charge on any atom is 0.326 e. The summed E-state index contributed by atoms with van der Waals surface area (Å²) in [6.45, 7) is 0. The van der Waals surface area contributed by atoms with Crippen molar-refractivity contribution in [2.75, 3.05) is 7.11 Å². The number of carbonyl (C=O) groups excluding carboxylic acids is 2. The van der Waals surface area contributed by atoms with Crippen molar-refractivity contribution >= 4 is 29.4 Å². The van der Waals surface area contributed by atoms with E-state index in [9.17, 15) is 19.5 Å². The van der Waals surface area contributed by atoms with E-state index in [0.29, 0.717) is 0 Å². The Hall–Kier alpha value is -2.28. The van der Waals surface area contributed by atoms with Gasteiger partial charge in [-0.2, -0.15) is 0 Å². The number of esters is 1. The molecule has 114 valence electrons. The van der Waals surface area contributed by atoms with E-state index < -0.39 is 23.9 Å². The molecule has 0 unspecified atom stereocenters. The number of amides is 1. The molecule has 0 aliphatic carbocycles. The van der Waals surface area contributed by atoms with Crippen LogP contribution >= 0.6 is 11.6 Å². The lowest BCUT2D eigenvalue weighted by Crippen LogP contribution is -2.41. The van der Waals surface area contributed by atoms with Gasteiger partial charge in [0, 0.05) is 11.4 Å². The summed E-state index contributed by atoms with van der Waals surface area (Å²) in [7, 11) is 1.18. The maximum absolute atomic E-state index is 11.9. The van der Waals surface area contributed by atoms with Crippen LogP contribution in [0.15, 0.2) is 18.2 Å². The number of hydrogen-bond acceptors (Lipinski definition) is 5. The molecule has 1 aromatic rings. The number of ether oxygens (including phenoxy) is 1. The molecule has 0 saturated carbocycles. The predicted molar refractivity (Wildman–Crippen MR) is 73.3 cm³/mol. The van der Waals surface area contributed by atoms with Crippen molar-refractivity contribution in [1.82, 2.24) is 5.32 Å². The summed E-state index contributed by atoms with van der Waals surface area (Å²) in [5.41, 5.74) is -0.108. The lowest BCUT2D eigenvalue weighted by atomic mass is 10.1. The fraction of sp³-hybridized carbons (Fsp3) is 0.308. The van der Waals surface area contributed by atoms with E-state index in [1.807, 2.05) is 0 Å². The van der Waals surface area contributed by atoms with Gasteiger partial charge in [-0.1, -0.05) is 11.6 Å². The first-order valence-corrected chi connectivity index (χ1v) is 6.32. The number of carbonyl (C=O) groups is 3. The third kappa shape index (κ3) is 4.96. The molecule has 1 rings (SSSR count). The van der Waals surface area contributed by atoms with Gasteiger partial charge in [-0.3, -0.25) is 9.59 Å². The molecule has 0 aliphatic rings. The van der Waals surface area contributed by atoms with E-state index in [2.05, 4.69) is 10.1 Å². The number of carboxylic acids is 1. The van der Waals surface area contributed by atoms with Gasteiger partial charge < -0.3 is 20.3 Å². The largest absolute Gasteiger partial charge is 0.507 e. The highest BCUT2D eigenvalue weighted by atomic mass is 35.5. The Bertz CT molecular complexity index is 560. The van der Waals surface area contributed by atoms with Gasteiger partial charge in [-0.15, -0.1) is 0 Å². The predicted octanol–water partition coefficient (Wildman–Crippen LogP) is 1.18. The van der Waals surface area contributed by atoms with Crippen LogP contribution in [0, 0.1) is 0 Å². The van der Waals surface area contributed by atoms with Crippen LogP contribution in [0.25, 0.3) is 0 Å². The topological polar surface area (TPSA) is 113 Å². The highest BCUT2D eigenvalue weighted by molar-refractivity contribution is 6.30. The van der Waals surface area contributed by atoms with Gasteiger partial charge >= 0.3 is 11.9 Å². The monoisotopic (exact) mass is 315 g/mol. The van der Waals surface area contributed by atoms with Crippen molar-refractivity contribution in [2.45, 2.75) is 18.9 Å². The van der Waals surface area contributed by atoms with Crippen LogP contribution in [0.3, 0.4) is 0 Å². The van der Waals surface area contributed by atoms with E-state index in [1.165, 1.54) is 25.3 Å². The van der Waals surface area contributed by atoms with E-state index in [0.717, 1.165) is 0 Å². The van der Waals surface area contributed by atoms with Gasteiger partial charge in [0.15, 0.2) is 0 Å². The van der Waals surface area contributed by atoms with Crippen LogP contribution in [0.2, 0.25) is 5.02 Å². The number of nitrogens with one attached hydrogen (secondary N) is 1. The molecule has 0 radical (unpaired) electrons. The number of hydrogen-bond donors (Lipinski definition) is 3. The third-order valence-electron chi connectivity index (χ3n) is 2.67. The summed E-state index contributed by atoms with van der Waals surface area (Å²) in [5.74, 6) is -3.01. The Balaban J connectivity index is 2.76. The molecule has 7 nitrogen and oxygen atoms in total. The molecule has 8 heteroatoms. The molecule has 0 aliphatic heterocycles. The molecular weight excluding hydrogens is 302 g/mol. The van der Waals surface area contributed by atoms with Crippen LogP contribution in [0.5, 0.6) is 5.75 Å². The third-order valence-corrected chi connectivity index (χ3v) is 2.91. The average molecular weight is 316 g/mol. The first-order chi connectivity index (χ1) is 9.85. The minimum Gasteiger partial charge on any atom is -0.507 e. The quantitative estimate of drug-likeness (QED) is 0.679. The number of rotatable bonds is 6. The highest BCUT2D eigenvalue weighted by Gasteiger charge is 2.23. The molecule has 3 N–H and O–H groups in total. The average Bonchev–Trinajstić information content (AvgIpc) is 2.42. The molecule has 1 amide bonds. The van der Waals surface area contributed by atoms with Crippen molar-refractivity contribution in [3.8, 4) is 5.75 Å². The Morgan fingerprint density at radius 1 is 1.38 bits per heavy atom. The molecule has 0 heterocycles. The van der Waals surface area contributed by atoms with Crippen molar-refractivity contribution < 1.29 is 29.3 Å². The molecule has 0 fully saturated rings. The number of aromatic hydroxyl groups is 1. The fourth-order valence-electron chi connectivity index (χ4n) is 1.55. The summed E-state index contributed by atoms with van der Waals surface area (Å²) in [6.07, 6.45) is -0.275. The smallest absolute Gasteiger partial charge is 0.326 e. The van der Waals surface area contributed by atoms with Crippen molar-refractivity contribution in [3.05, 3.63) is 28.8 Å². The summed E-state index contributed by atoms with van der Waals surface area (Å²) < 4.78 is 4.40. The summed E-state index contributed by atoms with van der Waals surface area (Å²) in [6, 6.07) is 2.56. The van der Waals surface area contributed by atoms with Gasteiger partial charge in [0.2, 0.25) is 0 Å². The lowest BCUT2D eigenvalue weighted by molar-refractivity contribution is -0.142. The zero-order chi connectivity index (χ0) is 16.0. The number of halogens is 1. The minimum atomic E-state index is -1.29. The summed E-state index contributed by atoms with van der Waals surface area (Å²) in [5, 5.41) is 21.1. The van der Waals surface area contributed by atoms with Gasteiger partial charge in [0.05, 0.1) is 12.7 Å². The SMILES string of the molecule is COC(=O)CC[C@@H](NC(=O)c1ccc(Cl)cc1O)C(=O)O. The second-order valence-electron chi connectivity index (χ2n) is 4.14. The number of carboxylic acid groups (broad SMARTS) is 1. The Morgan fingerprint density at radius 2 is 2.05 bits per heavy atom. The van der Waals surface area contributed by atoms with E-state index in [1.54, 1.807) is 0 Å². The molecule has 0 aromatic heterocycles. The van der Waals surface area contributed by atoms with Gasteiger partial charge in [-0.05, 0) is 24.6 Å². The Morgan fingerprint density at radius 3 is 2.57 bits per heavy atom. The second-order valence-corrected chi connectivity index (χ2v) is 4.58. The van der Waals surface area contributed by atoms with Crippen LogP contribution in [0.4, 0.5) is 0 Å².